The Morgan fingerprint density at radius 2 is 2.00 bits per heavy atom. The molecule has 0 spiro atoms. The summed E-state index contributed by atoms with van der Waals surface area (Å²) in [5.74, 6) is -3.82. The van der Waals surface area contributed by atoms with Crippen molar-refractivity contribution in [2.75, 3.05) is 6.61 Å². The summed E-state index contributed by atoms with van der Waals surface area (Å²) >= 11 is 0. The van der Waals surface area contributed by atoms with Gasteiger partial charge >= 0.3 is 0 Å². The lowest BCUT2D eigenvalue weighted by Gasteiger charge is -2.27. The standard InChI is InChI=1S/C11H9F3O/c12-9-5-2-1-4-8(9)10-11(13,14)6-3-7-15-10/h1-6,10H,7H2. The average Bonchev–Trinajstić information content (AvgIpc) is 2.19. The Balaban J connectivity index is 2.39. The molecule has 0 saturated carbocycles. The van der Waals surface area contributed by atoms with Crippen molar-refractivity contribution in [1.82, 2.24) is 0 Å². The molecule has 1 aromatic rings. The molecule has 1 heterocycles. The number of rotatable bonds is 1. The molecular weight excluding hydrogens is 205 g/mol. The molecule has 0 aliphatic carbocycles. The van der Waals surface area contributed by atoms with Crippen molar-refractivity contribution in [3.63, 3.8) is 0 Å². The van der Waals surface area contributed by atoms with Gasteiger partial charge in [-0.1, -0.05) is 24.3 Å². The van der Waals surface area contributed by atoms with Gasteiger partial charge in [-0.3, -0.25) is 0 Å². The Hall–Kier alpha value is -1.29. The predicted octanol–water partition coefficient (Wildman–Crippen LogP) is 3.09. The van der Waals surface area contributed by atoms with Crippen LogP contribution in [0.3, 0.4) is 0 Å². The zero-order valence-corrected chi connectivity index (χ0v) is 7.79. The lowest BCUT2D eigenvalue weighted by Crippen LogP contribution is -2.30. The molecule has 0 fully saturated rings. The summed E-state index contributed by atoms with van der Waals surface area (Å²) in [6.45, 7) is 0.0780. The molecule has 0 N–H and O–H groups in total. The van der Waals surface area contributed by atoms with Crippen molar-refractivity contribution >= 4 is 0 Å². The van der Waals surface area contributed by atoms with Crippen LogP contribution in [-0.2, 0) is 4.74 Å². The van der Waals surface area contributed by atoms with E-state index in [-0.39, 0.29) is 12.2 Å². The maximum Gasteiger partial charge on any atom is 0.296 e. The average molecular weight is 214 g/mol. The van der Waals surface area contributed by atoms with Gasteiger partial charge in [0.1, 0.15) is 5.82 Å². The van der Waals surface area contributed by atoms with Crippen LogP contribution in [0.2, 0.25) is 0 Å². The van der Waals surface area contributed by atoms with E-state index in [2.05, 4.69) is 0 Å². The van der Waals surface area contributed by atoms with Gasteiger partial charge in [0.25, 0.3) is 5.92 Å². The van der Waals surface area contributed by atoms with Crippen molar-refractivity contribution in [3.05, 3.63) is 47.8 Å². The number of halogens is 3. The van der Waals surface area contributed by atoms with Gasteiger partial charge in [0.05, 0.1) is 6.61 Å². The highest BCUT2D eigenvalue weighted by atomic mass is 19.3. The maximum atomic E-state index is 13.4. The van der Waals surface area contributed by atoms with Crippen LogP contribution in [0.15, 0.2) is 36.4 Å². The van der Waals surface area contributed by atoms with Crippen LogP contribution in [0.5, 0.6) is 0 Å². The summed E-state index contributed by atoms with van der Waals surface area (Å²) in [6.07, 6.45) is 0.467. The number of alkyl halides is 2. The second-order valence-electron chi connectivity index (χ2n) is 3.31. The van der Waals surface area contributed by atoms with E-state index >= 15 is 0 Å². The van der Waals surface area contributed by atoms with E-state index in [4.69, 9.17) is 4.74 Å². The number of hydrogen-bond acceptors (Lipinski definition) is 1. The molecule has 0 amide bonds. The van der Waals surface area contributed by atoms with Crippen molar-refractivity contribution in [2.24, 2.45) is 0 Å². The van der Waals surface area contributed by atoms with Crippen LogP contribution < -0.4 is 0 Å². The van der Waals surface area contributed by atoms with E-state index < -0.39 is 17.8 Å². The third-order valence-corrected chi connectivity index (χ3v) is 2.24. The van der Waals surface area contributed by atoms with E-state index in [1.165, 1.54) is 24.3 Å². The summed E-state index contributed by atoms with van der Waals surface area (Å²) in [5.41, 5.74) is -0.105. The predicted molar refractivity (Wildman–Crippen MR) is 49.2 cm³/mol. The minimum Gasteiger partial charge on any atom is -0.363 e. The zero-order valence-electron chi connectivity index (χ0n) is 7.79. The highest BCUT2D eigenvalue weighted by Gasteiger charge is 2.42. The third-order valence-electron chi connectivity index (χ3n) is 2.24. The molecule has 15 heavy (non-hydrogen) atoms. The first-order chi connectivity index (χ1) is 7.11. The van der Waals surface area contributed by atoms with Gasteiger partial charge in [-0.25, -0.2) is 4.39 Å². The quantitative estimate of drug-likeness (QED) is 0.653. The van der Waals surface area contributed by atoms with Crippen molar-refractivity contribution < 1.29 is 17.9 Å². The fourth-order valence-corrected chi connectivity index (χ4v) is 1.54. The van der Waals surface area contributed by atoms with Gasteiger partial charge in [0.15, 0.2) is 6.10 Å². The van der Waals surface area contributed by atoms with Gasteiger partial charge in [0, 0.05) is 5.56 Å². The Kier molecular flexibility index (Phi) is 2.52. The molecule has 4 heteroatoms. The molecule has 2 rings (SSSR count). The second-order valence-corrected chi connectivity index (χ2v) is 3.31. The Morgan fingerprint density at radius 1 is 1.27 bits per heavy atom. The highest BCUT2D eigenvalue weighted by Crippen LogP contribution is 2.38. The molecule has 1 atom stereocenters. The molecule has 1 unspecified atom stereocenters. The van der Waals surface area contributed by atoms with Crippen LogP contribution in [-0.4, -0.2) is 12.5 Å². The molecule has 1 aromatic carbocycles. The molecule has 1 nitrogen and oxygen atoms in total. The van der Waals surface area contributed by atoms with Crippen molar-refractivity contribution in [1.29, 1.82) is 0 Å². The maximum absolute atomic E-state index is 13.4. The Morgan fingerprint density at radius 3 is 2.67 bits per heavy atom. The number of benzene rings is 1. The molecule has 80 valence electrons. The summed E-state index contributed by atoms with van der Waals surface area (Å²) in [6, 6.07) is 5.42. The van der Waals surface area contributed by atoms with E-state index in [0.29, 0.717) is 0 Å². The van der Waals surface area contributed by atoms with Gasteiger partial charge in [-0.2, -0.15) is 8.78 Å². The van der Waals surface area contributed by atoms with Gasteiger partial charge in [-0.05, 0) is 12.1 Å². The summed E-state index contributed by atoms with van der Waals surface area (Å²) in [4.78, 5) is 0. The number of hydrogen-bond donors (Lipinski definition) is 0. The normalized spacial score (nSPS) is 24.1. The Labute approximate surface area is 85.2 Å². The van der Waals surface area contributed by atoms with Crippen molar-refractivity contribution in [2.45, 2.75) is 12.0 Å². The zero-order chi connectivity index (χ0) is 10.9. The summed E-state index contributed by atoms with van der Waals surface area (Å²) < 4.78 is 44.9. The van der Waals surface area contributed by atoms with Crippen LogP contribution in [0.1, 0.15) is 11.7 Å². The fourth-order valence-electron chi connectivity index (χ4n) is 1.54. The first-order valence-electron chi connectivity index (χ1n) is 4.53. The monoisotopic (exact) mass is 214 g/mol. The third kappa shape index (κ3) is 1.90. The lowest BCUT2D eigenvalue weighted by atomic mass is 10.0. The van der Waals surface area contributed by atoms with E-state index in [0.717, 1.165) is 12.1 Å². The summed E-state index contributed by atoms with van der Waals surface area (Å²) in [5, 5.41) is 0. The highest BCUT2D eigenvalue weighted by molar-refractivity contribution is 5.25. The molecule has 0 aromatic heterocycles. The molecular formula is C11H9F3O. The topological polar surface area (TPSA) is 9.23 Å². The Bertz CT molecular complexity index is 387. The van der Waals surface area contributed by atoms with Crippen LogP contribution in [0.25, 0.3) is 0 Å². The smallest absolute Gasteiger partial charge is 0.296 e. The van der Waals surface area contributed by atoms with E-state index in [9.17, 15) is 13.2 Å². The van der Waals surface area contributed by atoms with E-state index in [1.54, 1.807) is 0 Å². The number of ether oxygens (including phenoxy) is 1. The molecule has 1 aliphatic heterocycles. The molecule has 0 radical (unpaired) electrons. The van der Waals surface area contributed by atoms with E-state index in [1.807, 2.05) is 0 Å². The van der Waals surface area contributed by atoms with Gasteiger partial charge < -0.3 is 4.74 Å². The SMILES string of the molecule is Fc1ccccc1C1OCC=CC1(F)F. The van der Waals surface area contributed by atoms with Gasteiger partial charge in [-0.15, -0.1) is 0 Å². The van der Waals surface area contributed by atoms with Crippen LogP contribution >= 0.6 is 0 Å². The largest absolute Gasteiger partial charge is 0.363 e. The first-order valence-corrected chi connectivity index (χ1v) is 4.53. The first kappa shape index (κ1) is 10.2. The van der Waals surface area contributed by atoms with Crippen LogP contribution in [0, 0.1) is 5.82 Å². The van der Waals surface area contributed by atoms with Gasteiger partial charge in [0.2, 0.25) is 0 Å². The lowest BCUT2D eigenvalue weighted by molar-refractivity contribution is -0.113. The minimum absolute atomic E-state index is 0.0780. The fraction of sp³-hybridized carbons (Fsp3) is 0.273. The van der Waals surface area contributed by atoms with Crippen LogP contribution in [0.4, 0.5) is 13.2 Å². The minimum atomic E-state index is -3.15. The molecule has 0 bridgehead atoms. The summed E-state index contributed by atoms with van der Waals surface area (Å²) in [7, 11) is 0. The molecule has 0 saturated heterocycles. The molecule has 1 aliphatic rings. The second kappa shape index (κ2) is 3.70. The van der Waals surface area contributed by atoms with Crippen molar-refractivity contribution in [3.8, 4) is 0 Å².